The van der Waals surface area contributed by atoms with Gasteiger partial charge < -0.3 is 4.74 Å². The van der Waals surface area contributed by atoms with Crippen molar-refractivity contribution in [1.29, 1.82) is 0 Å². The van der Waals surface area contributed by atoms with E-state index in [2.05, 4.69) is 0 Å². The number of thioether (sulfide) groups is 1. The lowest BCUT2D eigenvalue weighted by atomic mass is 10.1. The Balaban J connectivity index is 1.99. The SMILES string of the molecule is COc1ccc(C(=O)CSc2ccccc2Cl)cc1. The number of hydrogen-bond donors (Lipinski definition) is 0. The maximum absolute atomic E-state index is 12.0. The smallest absolute Gasteiger partial charge is 0.173 e. The van der Waals surface area contributed by atoms with Crippen LogP contribution in [0, 0.1) is 0 Å². The second-order valence-corrected chi connectivity index (χ2v) is 5.30. The molecule has 2 aromatic carbocycles. The molecular formula is C15H13ClO2S. The number of ketones is 1. The summed E-state index contributed by atoms with van der Waals surface area (Å²) >= 11 is 7.49. The van der Waals surface area contributed by atoms with Crippen molar-refractivity contribution in [2.75, 3.05) is 12.9 Å². The lowest BCUT2D eigenvalue weighted by Gasteiger charge is -2.04. The molecule has 0 saturated heterocycles. The number of carbonyl (C=O) groups excluding carboxylic acids is 1. The highest BCUT2D eigenvalue weighted by Crippen LogP contribution is 2.27. The Hall–Kier alpha value is -1.45. The van der Waals surface area contributed by atoms with Crippen LogP contribution in [0.1, 0.15) is 10.4 Å². The summed E-state index contributed by atoms with van der Waals surface area (Å²) in [4.78, 5) is 12.9. The molecule has 2 aromatic rings. The maximum atomic E-state index is 12.0. The molecule has 0 aromatic heterocycles. The predicted octanol–water partition coefficient (Wildman–Crippen LogP) is 4.32. The molecule has 0 unspecified atom stereocenters. The number of hydrogen-bond acceptors (Lipinski definition) is 3. The molecule has 19 heavy (non-hydrogen) atoms. The quantitative estimate of drug-likeness (QED) is 0.606. The Bertz CT molecular complexity index is 567. The minimum absolute atomic E-state index is 0.0765. The zero-order valence-electron chi connectivity index (χ0n) is 10.4. The van der Waals surface area contributed by atoms with Crippen molar-refractivity contribution in [3.63, 3.8) is 0 Å². The van der Waals surface area contributed by atoms with E-state index in [9.17, 15) is 4.79 Å². The van der Waals surface area contributed by atoms with E-state index in [-0.39, 0.29) is 5.78 Å². The number of Topliss-reactive ketones (excluding diaryl/α,β-unsaturated/α-hetero) is 1. The van der Waals surface area contributed by atoms with E-state index < -0.39 is 0 Å². The topological polar surface area (TPSA) is 26.3 Å². The molecule has 0 aliphatic rings. The molecule has 0 heterocycles. The van der Waals surface area contributed by atoms with Crippen molar-refractivity contribution in [2.24, 2.45) is 0 Å². The van der Waals surface area contributed by atoms with E-state index in [1.54, 1.807) is 31.4 Å². The summed E-state index contributed by atoms with van der Waals surface area (Å²) in [7, 11) is 1.60. The van der Waals surface area contributed by atoms with Crippen molar-refractivity contribution in [3.8, 4) is 5.75 Å². The van der Waals surface area contributed by atoms with Gasteiger partial charge in [0.2, 0.25) is 0 Å². The fourth-order valence-corrected chi connectivity index (χ4v) is 2.70. The van der Waals surface area contributed by atoms with Crippen LogP contribution in [0.15, 0.2) is 53.4 Å². The van der Waals surface area contributed by atoms with Gasteiger partial charge >= 0.3 is 0 Å². The minimum atomic E-state index is 0.0765. The first-order valence-corrected chi connectivity index (χ1v) is 7.11. The van der Waals surface area contributed by atoms with E-state index >= 15 is 0 Å². The average Bonchev–Trinajstić information content (AvgIpc) is 2.46. The van der Waals surface area contributed by atoms with E-state index in [1.165, 1.54) is 11.8 Å². The standard InChI is InChI=1S/C15H13ClO2S/c1-18-12-8-6-11(7-9-12)14(17)10-19-15-5-3-2-4-13(15)16/h2-9H,10H2,1H3. The van der Waals surface area contributed by atoms with Gasteiger partial charge in [-0.15, -0.1) is 11.8 Å². The number of carbonyl (C=O) groups is 1. The Morgan fingerprint density at radius 1 is 1.16 bits per heavy atom. The summed E-state index contributed by atoms with van der Waals surface area (Å²) < 4.78 is 5.06. The number of methoxy groups -OCH3 is 1. The van der Waals surface area contributed by atoms with Crippen molar-refractivity contribution in [1.82, 2.24) is 0 Å². The molecular weight excluding hydrogens is 280 g/mol. The van der Waals surface area contributed by atoms with Crippen LogP contribution in [0.5, 0.6) is 5.75 Å². The number of halogens is 1. The average molecular weight is 293 g/mol. The predicted molar refractivity (Wildman–Crippen MR) is 79.5 cm³/mol. The van der Waals surface area contributed by atoms with E-state index in [0.717, 1.165) is 10.6 Å². The zero-order valence-corrected chi connectivity index (χ0v) is 12.0. The fourth-order valence-electron chi connectivity index (χ4n) is 1.57. The Labute approximate surface area is 121 Å². The van der Waals surface area contributed by atoms with E-state index in [0.29, 0.717) is 16.3 Å². The van der Waals surface area contributed by atoms with Crippen LogP contribution in [-0.2, 0) is 0 Å². The van der Waals surface area contributed by atoms with Gasteiger partial charge in [-0.3, -0.25) is 4.79 Å². The molecule has 0 amide bonds. The summed E-state index contributed by atoms with van der Waals surface area (Å²) in [5.74, 6) is 1.19. The normalized spacial score (nSPS) is 10.2. The summed E-state index contributed by atoms with van der Waals surface area (Å²) in [5, 5.41) is 0.676. The number of ether oxygens (including phenoxy) is 1. The second-order valence-electron chi connectivity index (χ2n) is 3.87. The molecule has 2 rings (SSSR count). The third kappa shape index (κ3) is 3.75. The summed E-state index contributed by atoms with van der Waals surface area (Å²) in [6.45, 7) is 0. The molecule has 0 spiro atoms. The van der Waals surface area contributed by atoms with Crippen molar-refractivity contribution in [2.45, 2.75) is 4.90 Å². The van der Waals surface area contributed by atoms with Crippen LogP contribution >= 0.6 is 23.4 Å². The highest BCUT2D eigenvalue weighted by atomic mass is 35.5. The molecule has 0 aliphatic heterocycles. The van der Waals surface area contributed by atoms with Crippen molar-refractivity contribution < 1.29 is 9.53 Å². The maximum Gasteiger partial charge on any atom is 0.173 e. The fraction of sp³-hybridized carbons (Fsp3) is 0.133. The summed E-state index contributed by atoms with van der Waals surface area (Å²) in [5.41, 5.74) is 0.681. The molecule has 0 radical (unpaired) electrons. The Kier molecular flexibility index (Phi) is 4.88. The van der Waals surface area contributed by atoms with Crippen molar-refractivity contribution in [3.05, 3.63) is 59.1 Å². The van der Waals surface area contributed by atoms with Gasteiger partial charge in [0.15, 0.2) is 5.78 Å². The van der Waals surface area contributed by atoms with Crippen LogP contribution in [0.2, 0.25) is 5.02 Å². The first kappa shape index (κ1) is 14.0. The van der Waals surface area contributed by atoms with Gasteiger partial charge in [-0.2, -0.15) is 0 Å². The summed E-state index contributed by atoms with van der Waals surface area (Å²) in [6, 6.07) is 14.6. The van der Waals surface area contributed by atoms with Gasteiger partial charge in [0.05, 0.1) is 17.9 Å². The van der Waals surface area contributed by atoms with Crippen LogP contribution in [0.25, 0.3) is 0 Å². The molecule has 0 aliphatic carbocycles. The van der Waals surface area contributed by atoms with Crippen LogP contribution < -0.4 is 4.74 Å². The van der Waals surface area contributed by atoms with Gasteiger partial charge in [0.1, 0.15) is 5.75 Å². The third-order valence-electron chi connectivity index (χ3n) is 2.61. The van der Waals surface area contributed by atoms with Crippen LogP contribution in [0.3, 0.4) is 0 Å². The largest absolute Gasteiger partial charge is 0.497 e. The molecule has 0 N–H and O–H groups in total. The monoisotopic (exact) mass is 292 g/mol. The van der Waals surface area contributed by atoms with Gasteiger partial charge in [0, 0.05) is 10.5 Å². The molecule has 0 atom stereocenters. The van der Waals surface area contributed by atoms with Gasteiger partial charge in [-0.25, -0.2) is 0 Å². The van der Waals surface area contributed by atoms with Gasteiger partial charge in [-0.1, -0.05) is 23.7 Å². The Morgan fingerprint density at radius 3 is 2.47 bits per heavy atom. The van der Waals surface area contributed by atoms with Gasteiger partial charge in [-0.05, 0) is 36.4 Å². The molecule has 2 nitrogen and oxygen atoms in total. The first-order chi connectivity index (χ1) is 9.20. The highest BCUT2D eigenvalue weighted by molar-refractivity contribution is 8.00. The minimum Gasteiger partial charge on any atom is -0.497 e. The lowest BCUT2D eigenvalue weighted by molar-refractivity contribution is 0.102. The van der Waals surface area contributed by atoms with Gasteiger partial charge in [0.25, 0.3) is 0 Å². The number of rotatable bonds is 5. The first-order valence-electron chi connectivity index (χ1n) is 5.75. The molecule has 98 valence electrons. The molecule has 4 heteroatoms. The van der Waals surface area contributed by atoms with E-state index in [4.69, 9.17) is 16.3 Å². The Morgan fingerprint density at radius 2 is 1.84 bits per heavy atom. The molecule has 0 bridgehead atoms. The van der Waals surface area contributed by atoms with Crippen LogP contribution in [0.4, 0.5) is 0 Å². The third-order valence-corrected chi connectivity index (χ3v) is 4.12. The highest BCUT2D eigenvalue weighted by Gasteiger charge is 2.08. The second kappa shape index (κ2) is 6.64. The summed E-state index contributed by atoms with van der Waals surface area (Å²) in [6.07, 6.45) is 0. The molecule has 0 saturated carbocycles. The van der Waals surface area contributed by atoms with Crippen LogP contribution in [-0.4, -0.2) is 18.6 Å². The molecule has 0 fully saturated rings. The lowest BCUT2D eigenvalue weighted by Crippen LogP contribution is -2.02. The van der Waals surface area contributed by atoms with Crippen molar-refractivity contribution >= 4 is 29.1 Å². The number of benzene rings is 2. The zero-order chi connectivity index (χ0) is 13.7. The van der Waals surface area contributed by atoms with E-state index in [1.807, 2.05) is 24.3 Å².